The average Bonchev–Trinajstić information content (AvgIpc) is 2.49. The Labute approximate surface area is 120 Å². The Hall–Kier alpha value is -1.45. The molecular formula is C17H23FN2. The molecule has 0 saturated heterocycles. The highest BCUT2D eigenvalue weighted by molar-refractivity contribution is 5.86. The molecule has 0 aliphatic rings. The van der Waals surface area contributed by atoms with E-state index in [2.05, 4.69) is 12.3 Å². The van der Waals surface area contributed by atoms with Gasteiger partial charge in [0.15, 0.2) is 0 Å². The number of fused-ring (bicyclic) bond motifs is 1. The highest BCUT2D eigenvalue weighted by Gasteiger charge is 2.14. The van der Waals surface area contributed by atoms with Crippen LogP contribution in [0.5, 0.6) is 0 Å². The summed E-state index contributed by atoms with van der Waals surface area (Å²) < 4.78 is 13.8. The average molecular weight is 274 g/mol. The zero-order chi connectivity index (χ0) is 14.4. The smallest absolute Gasteiger partial charge is 0.131 e. The van der Waals surface area contributed by atoms with Gasteiger partial charge in [-0.05, 0) is 23.4 Å². The van der Waals surface area contributed by atoms with Crippen molar-refractivity contribution in [2.24, 2.45) is 5.84 Å². The zero-order valence-electron chi connectivity index (χ0n) is 12.0. The molecule has 0 aliphatic heterocycles. The first-order chi connectivity index (χ1) is 9.77. The number of benzene rings is 2. The topological polar surface area (TPSA) is 38.0 Å². The summed E-state index contributed by atoms with van der Waals surface area (Å²) in [7, 11) is 0. The second-order valence-electron chi connectivity index (χ2n) is 5.25. The highest BCUT2D eigenvalue weighted by Crippen LogP contribution is 2.29. The summed E-state index contributed by atoms with van der Waals surface area (Å²) in [6.45, 7) is 2.20. The van der Waals surface area contributed by atoms with E-state index in [-0.39, 0.29) is 11.9 Å². The molecule has 0 bridgehead atoms. The van der Waals surface area contributed by atoms with Crippen molar-refractivity contribution in [3.05, 3.63) is 47.8 Å². The molecule has 0 amide bonds. The lowest BCUT2D eigenvalue weighted by molar-refractivity contribution is 0.484. The van der Waals surface area contributed by atoms with E-state index in [1.165, 1.54) is 25.3 Å². The molecule has 3 heteroatoms. The van der Waals surface area contributed by atoms with Crippen LogP contribution < -0.4 is 11.3 Å². The molecular weight excluding hydrogens is 251 g/mol. The Morgan fingerprint density at radius 2 is 1.80 bits per heavy atom. The molecule has 1 unspecified atom stereocenters. The van der Waals surface area contributed by atoms with E-state index in [4.69, 9.17) is 5.84 Å². The molecule has 0 fully saturated rings. The van der Waals surface area contributed by atoms with Gasteiger partial charge in [0.2, 0.25) is 0 Å². The fourth-order valence-corrected chi connectivity index (χ4v) is 2.69. The van der Waals surface area contributed by atoms with Crippen molar-refractivity contribution < 1.29 is 4.39 Å². The first-order valence-electron chi connectivity index (χ1n) is 7.41. The van der Waals surface area contributed by atoms with Crippen LogP contribution in [0, 0.1) is 5.82 Å². The number of rotatable bonds is 7. The van der Waals surface area contributed by atoms with Crippen molar-refractivity contribution in [2.75, 3.05) is 0 Å². The number of hydrogen-bond acceptors (Lipinski definition) is 2. The fourth-order valence-electron chi connectivity index (χ4n) is 2.69. The van der Waals surface area contributed by atoms with Crippen LogP contribution in [0.3, 0.4) is 0 Å². The Morgan fingerprint density at radius 1 is 1.05 bits per heavy atom. The minimum Gasteiger partial charge on any atom is -0.271 e. The first kappa shape index (κ1) is 14.9. The Bertz CT molecular complexity index is 554. The standard InChI is InChI=1S/C17H23FN2/c1-2-3-4-5-10-17(20-19)15-11-12-16(18)14-9-7-6-8-13(14)15/h6-9,11-12,17,20H,2-5,10,19H2,1H3. The van der Waals surface area contributed by atoms with Crippen LogP contribution in [0.25, 0.3) is 10.8 Å². The van der Waals surface area contributed by atoms with Crippen molar-refractivity contribution in [1.82, 2.24) is 5.43 Å². The van der Waals surface area contributed by atoms with Gasteiger partial charge in [-0.15, -0.1) is 0 Å². The van der Waals surface area contributed by atoms with E-state index in [0.717, 1.165) is 23.8 Å². The van der Waals surface area contributed by atoms with Gasteiger partial charge in [-0.25, -0.2) is 4.39 Å². The molecule has 2 nitrogen and oxygen atoms in total. The number of nitrogens with one attached hydrogen (secondary N) is 1. The molecule has 108 valence electrons. The van der Waals surface area contributed by atoms with Gasteiger partial charge in [-0.2, -0.15) is 0 Å². The highest BCUT2D eigenvalue weighted by atomic mass is 19.1. The number of unbranched alkanes of at least 4 members (excludes halogenated alkanes) is 3. The Balaban J connectivity index is 2.23. The van der Waals surface area contributed by atoms with E-state index >= 15 is 0 Å². The van der Waals surface area contributed by atoms with Gasteiger partial charge in [0.25, 0.3) is 0 Å². The molecule has 0 aromatic heterocycles. The molecule has 1 atom stereocenters. The third-order valence-electron chi connectivity index (χ3n) is 3.83. The Morgan fingerprint density at radius 3 is 2.50 bits per heavy atom. The first-order valence-corrected chi connectivity index (χ1v) is 7.41. The van der Waals surface area contributed by atoms with Crippen LogP contribution >= 0.6 is 0 Å². The summed E-state index contributed by atoms with van der Waals surface area (Å²) in [5.41, 5.74) is 3.97. The summed E-state index contributed by atoms with van der Waals surface area (Å²) in [4.78, 5) is 0. The van der Waals surface area contributed by atoms with Gasteiger partial charge in [-0.3, -0.25) is 11.3 Å². The van der Waals surface area contributed by atoms with E-state index < -0.39 is 0 Å². The van der Waals surface area contributed by atoms with Gasteiger partial charge in [-0.1, -0.05) is 62.9 Å². The minimum atomic E-state index is -0.175. The fraction of sp³-hybridized carbons (Fsp3) is 0.412. The van der Waals surface area contributed by atoms with Crippen molar-refractivity contribution in [3.63, 3.8) is 0 Å². The zero-order valence-corrected chi connectivity index (χ0v) is 12.0. The van der Waals surface area contributed by atoms with Crippen LogP contribution in [-0.4, -0.2) is 0 Å². The summed E-state index contributed by atoms with van der Waals surface area (Å²) in [6.07, 6.45) is 5.80. The lowest BCUT2D eigenvalue weighted by Gasteiger charge is -2.18. The van der Waals surface area contributed by atoms with E-state index in [0.29, 0.717) is 5.39 Å². The maximum atomic E-state index is 13.8. The Kier molecular flexibility index (Phi) is 5.50. The maximum absolute atomic E-state index is 13.8. The van der Waals surface area contributed by atoms with Gasteiger partial charge < -0.3 is 0 Å². The van der Waals surface area contributed by atoms with E-state index in [1.807, 2.05) is 30.3 Å². The second kappa shape index (κ2) is 7.36. The molecule has 0 radical (unpaired) electrons. The van der Waals surface area contributed by atoms with Gasteiger partial charge in [0, 0.05) is 11.4 Å². The molecule has 2 aromatic rings. The summed E-state index contributed by atoms with van der Waals surface area (Å²) in [5, 5.41) is 1.62. The summed E-state index contributed by atoms with van der Waals surface area (Å²) >= 11 is 0. The van der Waals surface area contributed by atoms with Gasteiger partial charge in [0.1, 0.15) is 5.82 Å². The second-order valence-corrected chi connectivity index (χ2v) is 5.25. The van der Waals surface area contributed by atoms with Gasteiger partial charge >= 0.3 is 0 Å². The maximum Gasteiger partial charge on any atom is 0.131 e. The number of hydrazine groups is 1. The SMILES string of the molecule is CCCCCCC(NN)c1ccc(F)c2ccccc12. The van der Waals surface area contributed by atoms with Crippen molar-refractivity contribution in [3.8, 4) is 0 Å². The molecule has 2 aromatic carbocycles. The molecule has 3 N–H and O–H groups in total. The predicted molar refractivity (Wildman–Crippen MR) is 82.7 cm³/mol. The quantitative estimate of drug-likeness (QED) is 0.444. The molecule has 0 saturated carbocycles. The lowest BCUT2D eigenvalue weighted by atomic mass is 9.95. The molecule has 20 heavy (non-hydrogen) atoms. The number of nitrogens with two attached hydrogens (primary N) is 1. The van der Waals surface area contributed by atoms with Crippen molar-refractivity contribution in [1.29, 1.82) is 0 Å². The monoisotopic (exact) mass is 274 g/mol. The number of halogens is 1. The van der Waals surface area contributed by atoms with Crippen LogP contribution in [-0.2, 0) is 0 Å². The van der Waals surface area contributed by atoms with Crippen LogP contribution in [0.15, 0.2) is 36.4 Å². The van der Waals surface area contributed by atoms with E-state index in [1.54, 1.807) is 0 Å². The minimum absolute atomic E-state index is 0.0809. The van der Waals surface area contributed by atoms with Crippen LogP contribution in [0.2, 0.25) is 0 Å². The normalized spacial score (nSPS) is 12.8. The summed E-state index contributed by atoms with van der Waals surface area (Å²) in [6, 6.07) is 11.0. The van der Waals surface area contributed by atoms with Gasteiger partial charge in [0.05, 0.1) is 0 Å². The van der Waals surface area contributed by atoms with Crippen molar-refractivity contribution >= 4 is 10.8 Å². The number of hydrogen-bond donors (Lipinski definition) is 2. The molecule has 0 aliphatic carbocycles. The third kappa shape index (κ3) is 3.35. The van der Waals surface area contributed by atoms with E-state index in [9.17, 15) is 4.39 Å². The van der Waals surface area contributed by atoms with Crippen LogP contribution in [0.4, 0.5) is 4.39 Å². The largest absolute Gasteiger partial charge is 0.271 e. The lowest BCUT2D eigenvalue weighted by Crippen LogP contribution is -2.28. The predicted octanol–water partition coefficient (Wildman–Crippen LogP) is 4.45. The summed E-state index contributed by atoms with van der Waals surface area (Å²) in [5.74, 6) is 5.53. The molecule has 0 spiro atoms. The third-order valence-corrected chi connectivity index (χ3v) is 3.83. The van der Waals surface area contributed by atoms with Crippen molar-refractivity contribution in [2.45, 2.75) is 45.1 Å². The molecule has 2 rings (SSSR count). The molecule has 0 heterocycles. The van der Waals surface area contributed by atoms with Crippen LogP contribution in [0.1, 0.15) is 50.6 Å².